The molecule has 0 amide bonds. The Morgan fingerprint density at radius 3 is 2.44 bits per heavy atom. The smallest absolute Gasteiger partial charge is 0.416 e. The van der Waals surface area contributed by atoms with E-state index in [2.05, 4.69) is 9.97 Å². The minimum Gasteiger partial charge on any atom is -0.456 e. The monoisotopic (exact) mass is 437 g/mol. The van der Waals surface area contributed by atoms with Gasteiger partial charge in [-0.25, -0.2) is 9.97 Å². The van der Waals surface area contributed by atoms with Crippen LogP contribution in [0.5, 0.6) is 11.5 Å². The summed E-state index contributed by atoms with van der Waals surface area (Å²) in [5.41, 5.74) is 7.43. The van der Waals surface area contributed by atoms with Crippen LogP contribution >= 0.6 is 0 Å². The van der Waals surface area contributed by atoms with E-state index in [9.17, 15) is 18.4 Å². The molecule has 162 valence electrons. The molecule has 9 heteroatoms. The van der Waals surface area contributed by atoms with Crippen molar-refractivity contribution in [3.63, 3.8) is 0 Å². The summed E-state index contributed by atoms with van der Waals surface area (Å²) in [7, 11) is 0. The number of hydrogen-bond donors (Lipinski definition) is 1. The van der Waals surface area contributed by atoms with Crippen molar-refractivity contribution in [3.05, 3.63) is 66.1 Å². The second-order valence-corrected chi connectivity index (χ2v) is 7.45. The Morgan fingerprint density at radius 1 is 1.09 bits per heavy atom. The Balaban J connectivity index is 1.68. The van der Waals surface area contributed by atoms with Crippen LogP contribution in [0.3, 0.4) is 0 Å². The first-order valence-electron chi connectivity index (χ1n) is 9.69. The van der Waals surface area contributed by atoms with E-state index in [-0.39, 0.29) is 17.4 Å². The molecule has 4 rings (SSSR count). The fourth-order valence-electron chi connectivity index (χ4n) is 3.43. The van der Waals surface area contributed by atoms with Crippen LogP contribution in [0.4, 0.5) is 19.0 Å². The highest BCUT2D eigenvalue weighted by molar-refractivity contribution is 6.00. The molecule has 2 N–H and O–H groups in total. The number of halogens is 3. The van der Waals surface area contributed by atoms with Gasteiger partial charge in [-0.15, -0.1) is 0 Å². The molecule has 0 saturated heterocycles. The van der Waals surface area contributed by atoms with Crippen molar-refractivity contribution >= 4 is 16.9 Å². The van der Waals surface area contributed by atoms with Gasteiger partial charge in [-0.3, -0.25) is 0 Å². The fraction of sp³-hybridized carbons (Fsp3) is 0.174. The van der Waals surface area contributed by atoms with Gasteiger partial charge in [0.05, 0.1) is 16.5 Å². The average Bonchev–Trinajstić information content (AvgIpc) is 3.15. The van der Waals surface area contributed by atoms with Crippen LogP contribution in [0.15, 0.2) is 55.0 Å². The third-order valence-corrected chi connectivity index (χ3v) is 5.02. The van der Waals surface area contributed by atoms with Crippen molar-refractivity contribution < 1.29 is 17.9 Å². The number of nitrogens with two attached hydrogens (primary N) is 1. The summed E-state index contributed by atoms with van der Waals surface area (Å²) in [6.45, 7) is 4.07. The van der Waals surface area contributed by atoms with Gasteiger partial charge in [0.15, 0.2) is 0 Å². The van der Waals surface area contributed by atoms with Gasteiger partial charge in [0, 0.05) is 17.8 Å². The summed E-state index contributed by atoms with van der Waals surface area (Å²) in [6.07, 6.45) is -1.15. The normalized spacial score (nSPS) is 11.7. The van der Waals surface area contributed by atoms with E-state index < -0.39 is 11.7 Å². The topological polar surface area (TPSA) is 89.8 Å². The highest BCUT2D eigenvalue weighted by Crippen LogP contribution is 2.37. The lowest BCUT2D eigenvalue weighted by Crippen LogP contribution is -2.05. The minimum atomic E-state index is -4.54. The number of ether oxygens (including phenoxy) is 1. The van der Waals surface area contributed by atoms with E-state index in [0.29, 0.717) is 11.6 Å². The van der Waals surface area contributed by atoms with E-state index in [1.54, 1.807) is 30.3 Å². The maximum absolute atomic E-state index is 12.9. The third-order valence-electron chi connectivity index (χ3n) is 5.02. The number of nitriles is 1. The number of alkyl halides is 3. The lowest BCUT2D eigenvalue weighted by Gasteiger charge is -2.11. The van der Waals surface area contributed by atoms with Crippen LogP contribution in [0, 0.1) is 11.3 Å². The molecule has 4 aromatic rings. The first kappa shape index (κ1) is 21.2. The molecule has 32 heavy (non-hydrogen) atoms. The Bertz CT molecular complexity index is 1330. The number of rotatable bonds is 4. The Morgan fingerprint density at radius 2 is 1.81 bits per heavy atom. The zero-order valence-electron chi connectivity index (χ0n) is 17.2. The lowest BCUT2D eigenvalue weighted by atomic mass is 10.1. The van der Waals surface area contributed by atoms with E-state index >= 15 is 0 Å². The fourth-order valence-corrected chi connectivity index (χ4v) is 3.43. The molecule has 0 bridgehead atoms. The first-order valence-corrected chi connectivity index (χ1v) is 9.69. The second-order valence-electron chi connectivity index (χ2n) is 7.45. The SMILES string of the molecule is CC(C)n1cc(-c2ccc(Oc3ccc(C(F)(F)F)cc3C#N)cc2)c2c(N)ncnc21. The molecule has 0 fully saturated rings. The molecular formula is C23H18F3N5O. The van der Waals surface area contributed by atoms with Crippen LogP contribution in [-0.2, 0) is 6.18 Å². The summed E-state index contributed by atoms with van der Waals surface area (Å²) in [5, 5.41) is 9.97. The van der Waals surface area contributed by atoms with Crippen LogP contribution in [0.1, 0.15) is 31.0 Å². The summed E-state index contributed by atoms with van der Waals surface area (Å²) >= 11 is 0. The van der Waals surface area contributed by atoms with Crippen molar-refractivity contribution in [2.45, 2.75) is 26.1 Å². The summed E-state index contributed by atoms with van der Waals surface area (Å²) < 4.78 is 46.3. The summed E-state index contributed by atoms with van der Waals surface area (Å²) in [5.74, 6) is 0.789. The number of nitrogen functional groups attached to an aromatic ring is 1. The standard InChI is InChI=1S/C23H18F3N5O/c1-13(2)31-11-18(20-21(28)29-12-30-22(20)31)14-3-6-17(7-4-14)32-19-8-5-16(23(24,25)26)9-15(19)10-27/h3-9,11-13H,1-2H3,(H2,28,29,30). The maximum atomic E-state index is 12.9. The van der Waals surface area contributed by atoms with Crippen molar-refractivity contribution in [1.29, 1.82) is 5.26 Å². The van der Waals surface area contributed by atoms with Gasteiger partial charge in [0.1, 0.15) is 35.4 Å². The molecule has 0 aliphatic heterocycles. The van der Waals surface area contributed by atoms with Crippen molar-refractivity contribution in [2.75, 3.05) is 5.73 Å². The molecular weight excluding hydrogens is 419 g/mol. The molecule has 0 aliphatic rings. The molecule has 0 saturated carbocycles. The van der Waals surface area contributed by atoms with Gasteiger partial charge in [-0.05, 0) is 49.7 Å². The van der Waals surface area contributed by atoms with Gasteiger partial charge >= 0.3 is 6.18 Å². The Kier molecular flexibility index (Phi) is 5.22. The Hall–Kier alpha value is -4.06. The number of nitrogens with zero attached hydrogens (tertiary/aromatic N) is 4. The maximum Gasteiger partial charge on any atom is 0.416 e. The Labute approximate surface area is 181 Å². The first-order chi connectivity index (χ1) is 15.2. The quantitative estimate of drug-likeness (QED) is 0.426. The van der Waals surface area contributed by atoms with Gasteiger partial charge in [-0.1, -0.05) is 12.1 Å². The molecule has 0 unspecified atom stereocenters. The van der Waals surface area contributed by atoms with Crippen LogP contribution in [0.2, 0.25) is 0 Å². The lowest BCUT2D eigenvalue weighted by molar-refractivity contribution is -0.137. The number of aromatic nitrogens is 3. The van der Waals surface area contributed by atoms with Crippen LogP contribution < -0.4 is 10.5 Å². The number of fused-ring (bicyclic) bond motifs is 1. The van der Waals surface area contributed by atoms with E-state index in [4.69, 9.17) is 10.5 Å². The molecule has 6 nitrogen and oxygen atoms in total. The van der Waals surface area contributed by atoms with Crippen molar-refractivity contribution in [2.24, 2.45) is 0 Å². The van der Waals surface area contributed by atoms with Gasteiger partial charge < -0.3 is 15.0 Å². The van der Waals surface area contributed by atoms with Gasteiger partial charge in [-0.2, -0.15) is 18.4 Å². The van der Waals surface area contributed by atoms with Gasteiger partial charge in [0.25, 0.3) is 0 Å². The van der Waals surface area contributed by atoms with Crippen molar-refractivity contribution in [1.82, 2.24) is 14.5 Å². The van der Waals surface area contributed by atoms with Crippen LogP contribution in [0.25, 0.3) is 22.2 Å². The minimum absolute atomic E-state index is 0.0438. The van der Waals surface area contributed by atoms with E-state index in [0.717, 1.165) is 40.4 Å². The molecule has 2 heterocycles. The highest BCUT2D eigenvalue weighted by Gasteiger charge is 2.31. The summed E-state index contributed by atoms with van der Waals surface area (Å²) in [6, 6.07) is 11.7. The molecule has 0 spiro atoms. The number of benzene rings is 2. The third kappa shape index (κ3) is 3.83. The largest absolute Gasteiger partial charge is 0.456 e. The number of anilines is 1. The molecule has 0 radical (unpaired) electrons. The average molecular weight is 437 g/mol. The van der Waals surface area contributed by atoms with Crippen LogP contribution in [-0.4, -0.2) is 14.5 Å². The van der Waals surface area contributed by atoms with E-state index in [1.807, 2.05) is 24.6 Å². The molecule has 2 aromatic carbocycles. The van der Waals surface area contributed by atoms with Gasteiger partial charge in [0.2, 0.25) is 0 Å². The predicted octanol–water partition coefficient (Wildman–Crippen LogP) is 5.94. The zero-order valence-corrected chi connectivity index (χ0v) is 17.2. The second kappa shape index (κ2) is 7.89. The predicted molar refractivity (Wildman–Crippen MR) is 114 cm³/mol. The number of hydrogen-bond acceptors (Lipinski definition) is 5. The van der Waals surface area contributed by atoms with Crippen molar-refractivity contribution in [3.8, 4) is 28.7 Å². The summed E-state index contributed by atoms with van der Waals surface area (Å²) in [4.78, 5) is 8.46. The van der Waals surface area contributed by atoms with E-state index in [1.165, 1.54) is 6.33 Å². The zero-order chi connectivity index (χ0) is 23.0. The molecule has 2 aromatic heterocycles. The molecule has 0 aliphatic carbocycles. The highest BCUT2D eigenvalue weighted by atomic mass is 19.4. The molecule has 0 atom stereocenters.